The minimum absolute atomic E-state index is 0.141. The van der Waals surface area contributed by atoms with Gasteiger partial charge >= 0.3 is 0 Å². The quantitative estimate of drug-likeness (QED) is 0.609. The van der Waals surface area contributed by atoms with E-state index in [1.165, 1.54) is 38.5 Å². The molecule has 84 valence electrons. The Hall–Kier alpha value is -0.0800. The van der Waals surface area contributed by atoms with Gasteiger partial charge in [-0.1, -0.05) is 13.3 Å². The summed E-state index contributed by atoms with van der Waals surface area (Å²) in [4.78, 5) is 0. The molecule has 5 atom stereocenters. The van der Waals surface area contributed by atoms with Crippen LogP contribution in [0.15, 0.2) is 0 Å². The third-order valence-corrected chi connectivity index (χ3v) is 5.83. The van der Waals surface area contributed by atoms with Gasteiger partial charge in [-0.3, -0.25) is 0 Å². The second-order valence-electron chi connectivity index (χ2n) is 6.17. The van der Waals surface area contributed by atoms with Crippen molar-refractivity contribution in [2.24, 2.45) is 11.3 Å². The van der Waals surface area contributed by atoms with Crippen molar-refractivity contribution in [1.82, 2.24) is 0 Å². The topological polar surface area (TPSA) is 18.5 Å². The Morgan fingerprint density at radius 2 is 1.93 bits per heavy atom. The van der Waals surface area contributed by atoms with Crippen molar-refractivity contribution in [3.8, 4) is 0 Å². The fourth-order valence-corrected chi connectivity index (χ4v) is 5.01. The first-order chi connectivity index (χ1) is 7.25. The van der Waals surface area contributed by atoms with Crippen LogP contribution >= 0.6 is 0 Å². The average Bonchev–Trinajstić information content (AvgIpc) is 2.14. The van der Waals surface area contributed by atoms with Gasteiger partial charge < -0.3 is 9.47 Å². The lowest BCUT2D eigenvalue weighted by Crippen LogP contribution is -2.72. The lowest BCUT2D eigenvalue weighted by molar-refractivity contribution is -0.415. The van der Waals surface area contributed by atoms with E-state index in [4.69, 9.17) is 9.47 Å². The van der Waals surface area contributed by atoms with E-state index in [0.717, 1.165) is 12.3 Å². The van der Waals surface area contributed by atoms with Gasteiger partial charge in [0.05, 0.1) is 11.7 Å². The summed E-state index contributed by atoms with van der Waals surface area (Å²) >= 11 is 0. The van der Waals surface area contributed by atoms with Crippen molar-refractivity contribution in [2.45, 2.75) is 69.9 Å². The molecule has 3 saturated heterocycles. The highest BCUT2D eigenvalue weighted by Gasteiger charge is 2.68. The van der Waals surface area contributed by atoms with E-state index in [1.54, 1.807) is 0 Å². The molecular weight excluding hydrogens is 188 g/mol. The zero-order valence-corrected chi connectivity index (χ0v) is 9.50. The van der Waals surface area contributed by atoms with E-state index in [0.29, 0.717) is 11.5 Å². The fraction of sp³-hybridized carbons (Fsp3) is 1.00. The molecule has 0 aromatic carbocycles. The minimum atomic E-state index is 0.141. The monoisotopic (exact) mass is 208 g/mol. The zero-order chi connectivity index (χ0) is 10.1. The summed E-state index contributed by atoms with van der Waals surface area (Å²) < 4.78 is 12.4. The smallest absolute Gasteiger partial charge is 0.159 e. The lowest BCUT2D eigenvalue weighted by atomic mass is 9.48. The van der Waals surface area contributed by atoms with Crippen molar-refractivity contribution in [1.29, 1.82) is 0 Å². The van der Waals surface area contributed by atoms with Crippen LogP contribution < -0.4 is 0 Å². The van der Waals surface area contributed by atoms with Crippen LogP contribution in [-0.4, -0.2) is 18.0 Å². The van der Waals surface area contributed by atoms with Crippen LogP contribution in [0.4, 0.5) is 0 Å². The maximum absolute atomic E-state index is 6.30. The first-order valence-electron chi connectivity index (χ1n) is 6.58. The summed E-state index contributed by atoms with van der Waals surface area (Å²) in [5.74, 6) is 0.879. The maximum Gasteiger partial charge on any atom is 0.159 e. The van der Waals surface area contributed by atoms with Gasteiger partial charge in [-0.15, -0.1) is 0 Å². The maximum atomic E-state index is 6.30. The normalized spacial score (nSPS) is 61.8. The van der Waals surface area contributed by atoms with Crippen molar-refractivity contribution in [3.63, 3.8) is 0 Å². The van der Waals surface area contributed by atoms with Gasteiger partial charge in [0.1, 0.15) is 0 Å². The molecule has 3 heterocycles. The fourth-order valence-electron chi connectivity index (χ4n) is 5.01. The van der Waals surface area contributed by atoms with Gasteiger partial charge in [-0.05, 0) is 38.0 Å². The average molecular weight is 208 g/mol. The van der Waals surface area contributed by atoms with E-state index in [-0.39, 0.29) is 11.9 Å². The Morgan fingerprint density at radius 3 is 2.73 bits per heavy atom. The van der Waals surface area contributed by atoms with Crippen LogP contribution in [0.1, 0.15) is 51.9 Å². The summed E-state index contributed by atoms with van der Waals surface area (Å²) in [6.45, 7) is 2.45. The molecule has 0 unspecified atom stereocenters. The summed E-state index contributed by atoms with van der Waals surface area (Å²) in [6, 6.07) is 0. The highest BCUT2D eigenvalue weighted by molar-refractivity contribution is 5.15. The second-order valence-corrected chi connectivity index (χ2v) is 6.17. The molecular formula is C13H20O2. The molecule has 3 aliphatic heterocycles. The minimum Gasteiger partial charge on any atom is -0.349 e. The zero-order valence-electron chi connectivity index (χ0n) is 9.50. The molecule has 2 heteroatoms. The van der Waals surface area contributed by atoms with Crippen LogP contribution in [-0.2, 0) is 9.47 Å². The first-order valence-corrected chi connectivity index (χ1v) is 6.58. The molecule has 0 aromatic rings. The number of rotatable bonds is 0. The highest BCUT2D eigenvalue weighted by atomic mass is 16.7. The molecule has 5 aliphatic rings. The predicted octanol–water partition coefficient (Wildman–Crippen LogP) is 2.86. The summed E-state index contributed by atoms with van der Waals surface area (Å²) in [7, 11) is 0. The van der Waals surface area contributed by atoms with Crippen molar-refractivity contribution >= 4 is 0 Å². The Bertz CT molecular complexity index is 279. The van der Waals surface area contributed by atoms with E-state index < -0.39 is 0 Å². The van der Waals surface area contributed by atoms with Gasteiger partial charge in [0.2, 0.25) is 0 Å². The Labute approximate surface area is 91.3 Å². The van der Waals surface area contributed by atoms with E-state index in [2.05, 4.69) is 6.92 Å². The molecule has 2 nitrogen and oxygen atoms in total. The standard InChI is InChI=1S/C13H20O2/c1-12-9-4-2-6-13(12)7-3-5-10(12)14-11(8-9)15-13/h9-11H,2-8H2,1H3/t9-,10-,11+,12+,13+/m0/s1. The third-order valence-electron chi connectivity index (χ3n) is 5.83. The predicted molar refractivity (Wildman–Crippen MR) is 56.4 cm³/mol. The molecule has 0 N–H and O–H groups in total. The molecule has 5 rings (SSSR count). The SMILES string of the molecule is C[C@]12[C@H]3CCC[C@@]14CCC[C@@H]2O[C@@H](C3)O4. The van der Waals surface area contributed by atoms with Gasteiger partial charge in [-0.25, -0.2) is 0 Å². The molecule has 5 bridgehead atoms. The first kappa shape index (κ1) is 9.00. The third kappa shape index (κ3) is 0.861. The molecule has 0 amide bonds. The highest BCUT2D eigenvalue weighted by Crippen LogP contribution is 2.66. The molecule has 0 radical (unpaired) electrons. The van der Waals surface area contributed by atoms with Crippen LogP contribution in [0.5, 0.6) is 0 Å². The van der Waals surface area contributed by atoms with E-state index in [1.807, 2.05) is 0 Å². The van der Waals surface area contributed by atoms with Crippen LogP contribution in [0.25, 0.3) is 0 Å². The Balaban J connectivity index is 1.87. The number of hydrogen-bond donors (Lipinski definition) is 0. The van der Waals surface area contributed by atoms with Crippen molar-refractivity contribution < 1.29 is 9.47 Å². The van der Waals surface area contributed by atoms with Crippen LogP contribution in [0.2, 0.25) is 0 Å². The summed E-state index contributed by atoms with van der Waals surface area (Å²) in [5, 5.41) is 0. The lowest BCUT2D eigenvalue weighted by Gasteiger charge is -2.69. The van der Waals surface area contributed by atoms with Gasteiger partial charge in [0.15, 0.2) is 6.29 Å². The molecule has 0 aromatic heterocycles. The van der Waals surface area contributed by atoms with Gasteiger partial charge in [0, 0.05) is 11.8 Å². The largest absolute Gasteiger partial charge is 0.349 e. The van der Waals surface area contributed by atoms with Crippen LogP contribution in [0, 0.1) is 11.3 Å². The number of ether oxygens (including phenoxy) is 2. The van der Waals surface area contributed by atoms with E-state index >= 15 is 0 Å². The van der Waals surface area contributed by atoms with Gasteiger partial charge in [-0.2, -0.15) is 0 Å². The Morgan fingerprint density at radius 1 is 1.13 bits per heavy atom. The molecule has 0 spiro atoms. The number of hydrogen-bond acceptors (Lipinski definition) is 2. The van der Waals surface area contributed by atoms with Crippen LogP contribution in [0.3, 0.4) is 0 Å². The molecule has 2 aliphatic carbocycles. The summed E-state index contributed by atoms with van der Waals surface area (Å²) in [6.07, 6.45) is 9.75. The Kier molecular flexibility index (Phi) is 1.56. The second kappa shape index (κ2) is 2.60. The molecule has 2 saturated carbocycles. The summed E-state index contributed by atoms with van der Waals surface area (Å²) in [5.41, 5.74) is 0.554. The van der Waals surface area contributed by atoms with E-state index in [9.17, 15) is 0 Å². The van der Waals surface area contributed by atoms with Crippen molar-refractivity contribution in [2.75, 3.05) is 0 Å². The molecule has 15 heavy (non-hydrogen) atoms. The van der Waals surface area contributed by atoms with Gasteiger partial charge in [0.25, 0.3) is 0 Å². The molecule has 5 fully saturated rings. The van der Waals surface area contributed by atoms with Crippen molar-refractivity contribution in [3.05, 3.63) is 0 Å².